The fraction of sp³-hybridized carbons (Fsp3) is 0.467. The molecule has 2 rings (SSSR count). The molecule has 126 valence electrons. The summed E-state index contributed by atoms with van der Waals surface area (Å²) in [6, 6.07) is 8.11. The first-order valence-electron chi connectivity index (χ1n) is 7.72. The molecule has 0 atom stereocenters. The molecule has 0 spiro atoms. The van der Waals surface area contributed by atoms with Gasteiger partial charge in [0.1, 0.15) is 5.84 Å². The number of guanidine groups is 1. The zero-order chi connectivity index (χ0) is 16.5. The van der Waals surface area contributed by atoms with Crippen LogP contribution in [-0.2, 0) is 6.42 Å². The smallest absolute Gasteiger partial charge is 0.218 e. The van der Waals surface area contributed by atoms with Crippen molar-refractivity contribution in [3.8, 4) is 0 Å². The van der Waals surface area contributed by atoms with E-state index in [9.17, 15) is 0 Å². The first-order valence-corrected chi connectivity index (χ1v) is 7.72. The van der Waals surface area contributed by atoms with Gasteiger partial charge in [0, 0.05) is 12.2 Å². The van der Waals surface area contributed by atoms with E-state index in [0.29, 0.717) is 31.4 Å². The number of nitrogens with zero attached hydrogens (tertiary/aromatic N) is 3. The lowest BCUT2D eigenvalue weighted by atomic mass is 10.1. The molecule has 0 fully saturated rings. The molecular weight excluding hydrogens is 296 g/mol. The third-order valence-corrected chi connectivity index (χ3v) is 3.21. The standard InChI is InChI=1S/C15H24N6O2/c1-2-12-3-5-13(6-4-12)18-15-19-14(16-7-9-22)11-21(20-15)17-8-10-23/h3-6,17,22-23H,2,7-11H2,1H3,(H2,16,18,19,20). The van der Waals surface area contributed by atoms with E-state index >= 15 is 0 Å². The zero-order valence-electron chi connectivity index (χ0n) is 13.3. The van der Waals surface area contributed by atoms with E-state index < -0.39 is 0 Å². The SMILES string of the molecule is CCc1ccc(NC2=NC(=NCCO)CN(NCCO)N2)cc1. The number of hydrazine groups is 2. The lowest BCUT2D eigenvalue weighted by molar-refractivity contribution is 0.151. The number of aliphatic hydroxyl groups excluding tert-OH is 2. The van der Waals surface area contributed by atoms with E-state index in [1.807, 2.05) is 12.1 Å². The Balaban J connectivity index is 2.07. The number of anilines is 1. The van der Waals surface area contributed by atoms with Gasteiger partial charge in [0.15, 0.2) is 0 Å². The number of nitrogens with one attached hydrogen (secondary N) is 3. The second kappa shape index (κ2) is 9.21. The van der Waals surface area contributed by atoms with Crippen LogP contribution in [0.2, 0.25) is 0 Å². The van der Waals surface area contributed by atoms with Gasteiger partial charge in [-0.1, -0.05) is 19.1 Å². The summed E-state index contributed by atoms with van der Waals surface area (Å²) < 4.78 is 0. The Morgan fingerprint density at radius 1 is 1.26 bits per heavy atom. The molecule has 0 amide bonds. The molecule has 0 bridgehead atoms. The van der Waals surface area contributed by atoms with Gasteiger partial charge in [-0.25, -0.2) is 5.43 Å². The van der Waals surface area contributed by atoms with E-state index in [1.165, 1.54) is 5.56 Å². The number of benzene rings is 1. The molecule has 8 heteroatoms. The minimum Gasteiger partial charge on any atom is -0.395 e. The molecule has 0 aliphatic carbocycles. The summed E-state index contributed by atoms with van der Waals surface area (Å²) in [7, 11) is 0. The molecule has 0 aromatic heterocycles. The van der Waals surface area contributed by atoms with Gasteiger partial charge in [0.25, 0.3) is 0 Å². The minimum atomic E-state index is -0.0161. The first kappa shape index (κ1) is 17.4. The Kier molecular flexibility index (Phi) is 6.95. The molecule has 1 aliphatic rings. The van der Waals surface area contributed by atoms with E-state index in [-0.39, 0.29) is 13.2 Å². The van der Waals surface area contributed by atoms with Crippen molar-refractivity contribution >= 4 is 17.5 Å². The summed E-state index contributed by atoms with van der Waals surface area (Å²) in [5.41, 5.74) is 8.28. The zero-order valence-corrected chi connectivity index (χ0v) is 13.3. The third-order valence-electron chi connectivity index (χ3n) is 3.21. The molecule has 0 saturated heterocycles. The highest BCUT2D eigenvalue weighted by Gasteiger charge is 2.17. The fourth-order valence-corrected chi connectivity index (χ4v) is 2.06. The number of rotatable bonds is 7. The number of aliphatic hydroxyl groups is 2. The lowest BCUT2D eigenvalue weighted by Gasteiger charge is -2.29. The van der Waals surface area contributed by atoms with Gasteiger partial charge < -0.3 is 15.5 Å². The van der Waals surface area contributed by atoms with Gasteiger partial charge in [0.05, 0.1) is 26.3 Å². The van der Waals surface area contributed by atoms with Gasteiger partial charge >= 0.3 is 0 Å². The number of aryl methyl sites for hydroxylation is 1. The minimum absolute atomic E-state index is 0.0161. The van der Waals surface area contributed by atoms with Gasteiger partial charge in [-0.05, 0) is 24.1 Å². The van der Waals surface area contributed by atoms with Crippen LogP contribution in [0.3, 0.4) is 0 Å². The Hall–Kier alpha value is -2.00. The normalized spacial score (nSPS) is 17.0. The van der Waals surface area contributed by atoms with Crippen LogP contribution in [0.15, 0.2) is 34.3 Å². The molecular formula is C15H24N6O2. The van der Waals surface area contributed by atoms with Crippen molar-refractivity contribution in [2.45, 2.75) is 13.3 Å². The molecule has 23 heavy (non-hydrogen) atoms. The van der Waals surface area contributed by atoms with Gasteiger partial charge in [-0.3, -0.25) is 10.4 Å². The number of aliphatic imine (C=N–C) groups is 2. The van der Waals surface area contributed by atoms with E-state index in [2.05, 4.69) is 45.2 Å². The average Bonchev–Trinajstić information content (AvgIpc) is 2.58. The highest BCUT2D eigenvalue weighted by molar-refractivity contribution is 6.04. The van der Waals surface area contributed by atoms with Crippen LogP contribution in [0.5, 0.6) is 0 Å². The van der Waals surface area contributed by atoms with E-state index in [4.69, 9.17) is 10.2 Å². The van der Waals surface area contributed by atoms with Crippen LogP contribution in [-0.4, -0.2) is 60.0 Å². The highest BCUT2D eigenvalue weighted by atomic mass is 16.3. The van der Waals surface area contributed by atoms with Crippen molar-refractivity contribution in [2.75, 3.05) is 38.2 Å². The average molecular weight is 320 g/mol. The summed E-state index contributed by atoms with van der Waals surface area (Å²) in [6.07, 6.45) is 0.996. The number of amidine groups is 1. The topological polar surface area (TPSA) is 105 Å². The fourth-order valence-electron chi connectivity index (χ4n) is 2.06. The molecule has 1 heterocycles. The largest absolute Gasteiger partial charge is 0.395 e. The summed E-state index contributed by atoms with van der Waals surface area (Å²) in [6.45, 7) is 3.28. The predicted molar refractivity (Wildman–Crippen MR) is 91.2 cm³/mol. The van der Waals surface area contributed by atoms with Crippen molar-refractivity contribution in [3.63, 3.8) is 0 Å². The van der Waals surface area contributed by atoms with E-state index in [0.717, 1.165) is 12.1 Å². The predicted octanol–water partition coefficient (Wildman–Crippen LogP) is -0.275. The molecule has 1 aliphatic heterocycles. The van der Waals surface area contributed by atoms with Crippen LogP contribution in [0.4, 0.5) is 5.69 Å². The maximum Gasteiger partial charge on any atom is 0.218 e. The molecule has 0 saturated carbocycles. The van der Waals surface area contributed by atoms with Crippen LogP contribution in [0.1, 0.15) is 12.5 Å². The van der Waals surface area contributed by atoms with Crippen LogP contribution < -0.4 is 16.2 Å². The van der Waals surface area contributed by atoms with E-state index in [1.54, 1.807) is 5.12 Å². The Bertz CT molecular complexity index is 543. The quantitative estimate of drug-likeness (QED) is 0.473. The molecule has 1 aromatic carbocycles. The molecule has 5 N–H and O–H groups in total. The third kappa shape index (κ3) is 5.61. The summed E-state index contributed by atoms with van der Waals surface area (Å²) >= 11 is 0. The van der Waals surface area contributed by atoms with Crippen molar-refractivity contribution in [1.29, 1.82) is 0 Å². The van der Waals surface area contributed by atoms with Crippen LogP contribution >= 0.6 is 0 Å². The van der Waals surface area contributed by atoms with Crippen LogP contribution in [0, 0.1) is 0 Å². The molecule has 0 unspecified atom stereocenters. The second-order valence-corrected chi connectivity index (χ2v) is 4.99. The van der Waals surface area contributed by atoms with Gasteiger partial charge in [-0.2, -0.15) is 4.99 Å². The summed E-state index contributed by atoms with van der Waals surface area (Å²) in [4.78, 5) is 8.64. The van der Waals surface area contributed by atoms with Crippen molar-refractivity contribution in [1.82, 2.24) is 16.0 Å². The second-order valence-electron chi connectivity index (χ2n) is 4.99. The Morgan fingerprint density at radius 2 is 2.04 bits per heavy atom. The monoisotopic (exact) mass is 320 g/mol. The summed E-state index contributed by atoms with van der Waals surface area (Å²) in [5, 5.41) is 22.7. The van der Waals surface area contributed by atoms with Crippen LogP contribution in [0.25, 0.3) is 0 Å². The lowest BCUT2D eigenvalue weighted by Crippen LogP contribution is -2.58. The van der Waals surface area contributed by atoms with Gasteiger partial charge in [-0.15, -0.1) is 5.12 Å². The first-order chi connectivity index (χ1) is 11.2. The summed E-state index contributed by atoms with van der Waals surface area (Å²) in [5.74, 6) is 1.12. The Labute approximate surface area is 135 Å². The number of hydrogen-bond acceptors (Lipinski definition) is 7. The Morgan fingerprint density at radius 3 is 2.70 bits per heavy atom. The molecule has 0 radical (unpaired) electrons. The molecule has 1 aromatic rings. The maximum absolute atomic E-state index is 8.93. The van der Waals surface area contributed by atoms with Crippen molar-refractivity contribution in [3.05, 3.63) is 29.8 Å². The molecule has 8 nitrogen and oxygen atoms in total. The highest BCUT2D eigenvalue weighted by Crippen LogP contribution is 2.10. The van der Waals surface area contributed by atoms with Gasteiger partial charge in [0.2, 0.25) is 5.96 Å². The van der Waals surface area contributed by atoms with Crippen molar-refractivity contribution < 1.29 is 10.2 Å². The number of hydrogen-bond donors (Lipinski definition) is 5. The maximum atomic E-state index is 8.93. The van der Waals surface area contributed by atoms with Crippen molar-refractivity contribution in [2.24, 2.45) is 9.98 Å².